The predicted octanol–water partition coefficient (Wildman–Crippen LogP) is 2.17. The first-order valence-electron chi connectivity index (χ1n) is 3.08. The third-order valence-corrected chi connectivity index (χ3v) is 1.38. The number of halogens is 1. The molecule has 1 aromatic carbocycles. The number of rotatable bonds is 1. The van der Waals surface area contributed by atoms with Crippen LogP contribution >= 0.6 is 0 Å². The van der Waals surface area contributed by atoms with Gasteiger partial charge in [-0.15, -0.1) is 0 Å². The minimum atomic E-state index is -0.604. The van der Waals surface area contributed by atoms with Crippen LogP contribution in [-0.2, 0) is 6.67 Å². The van der Waals surface area contributed by atoms with Gasteiger partial charge in [0, 0.05) is 5.56 Å². The number of aryl methyl sites for hydroxylation is 1. The highest BCUT2D eigenvalue weighted by Gasteiger charge is 1.98. The fourth-order valence-electron chi connectivity index (χ4n) is 0.821. The Hall–Kier alpha value is -1.05. The van der Waals surface area contributed by atoms with Crippen LogP contribution in [0.5, 0.6) is 5.75 Å². The van der Waals surface area contributed by atoms with E-state index in [1.807, 2.05) is 6.92 Å². The number of phenols is 1. The van der Waals surface area contributed by atoms with Crippen LogP contribution in [0.1, 0.15) is 11.1 Å². The Bertz CT molecular complexity index is 233. The van der Waals surface area contributed by atoms with Gasteiger partial charge in [0.25, 0.3) is 0 Å². The van der Waals surface area contributed by atoms with Crippen molar-refractivity contribution in [2.75, 3.05) is 0 Å². The number of alkyl halides is 1. The Morgan fingerprint density at radius 2 is 2.20 bits per heavy atom. The predicted molar refractivity (Wildman–Crippen MR) is 37.7 cm³/mol. The van der Waals surface area contributed by atoms with Crippen LogP contribution in [0.2, 0.25) is 0 Å². The lowest BCUT2D eigenvalue weighted by molar-refractivity contribution is 0.432. The van der Waals surface area contributed by atoms with Crippen molar-refractivity contribution in [2.24, 2.45) is 0 Å². The van der Waals surface area contributed by atoms with E-state index in [1.165, 1.54) is 6.07 Å². The van der Waals surface area contributed by atoms with Crippen molar-refractivity contribution in [3.05, 3.63) is 29.3 Å². The SMILES string of the molecule is Cc1ccc(O)c(CF)c1. The van der Waals surface area contributed by atoms with Crippen LogP contribution in [0.15, 0.2) is 18.2 Å². The van der Waals surface area contributed by atoms with E-state index < -0.39 is 6.67 Å². The second kappa shape index (κ2) is 2.69. The zero-order valence-corrected chi connectivity index (χ0v) is 5.76. The van der Waals surface area contributed by atoms with Crippen molar-refractivity contribution < 1.29 is 9.50 Å². The van der Waals surface area contributed by atoms with Crippen LogP contribution in [0.4, 0.5) is 4.39 Å². The van der Waals surface area contributed by atoms with Gasteiger partial charge in [-0.1, -0.05) is 11.6 Å². The van der Waals surface area contributed by atoms with Crippen LogP contribution < -0.4 is 0 Å². The van der Waals surface area contributed by atoms with E-state index in [4.69, 9.17) is 5.11 Å². The first kappa shape index (κ1) is 7.06. The molecule has 0 bridgehead atoms. The first-order valence-corrected chi connectivity index (χ1v) is 3.08. The molecular weight excluding hydrogens is 131 g/mol. The van der Waals surface area contributed by atoms with Gasteiger partial charge in [-0.05, 0) is 19.1 Å². The largest absolute Gasteiger partial charge is 0.508 e. The summed E-state index contributed by atoms with van der Waals surface area (Å²) in [6.07, 6.45) is 0. The Labute approximate surface area is 59.1 Å². The van der Waals surface area contributed by atoms with E-state index in [1.54, 1.807) is 12.1 Å². The highest BCUT2D eigenvalue weighted by Crippen LogP contribution is 2.18. The molecule has 0 heterocycles. The highest BCUT2D eigenvalue weighted by atomic mass is 19.1. The second-order valence-corrected chi connectivity index (χ2v) is 2.27. The molecule has 0 aliphatic carbocycles. The van der Waals surface area contributed by atoms with Crippen LogP contribution in [-0.4, -0.2) is 5.11 Å². The lowest BCUT2D eigenvalue weighted by atomic mass is 10.1. The topological polar surface area (TPSA) is 20.2 Å². The van der Waals surface area contributed by atoms with E-state index in [9.17, 15) is 4.39 Å². The van der Waals surface area contributed by atoms with Crippen molar-refractivity contribution in [1.29, 1.82) is 0 Å². The lowest BCUT2D eigenvalue weighted by Crippen LogP contribution is -1.80. The molecule has 0 atom stereocenters. The van der Waals surface area contributed by atoms with Gasteiger partial charge in [-0.25, -0.2) is 4.39 Å². The van der Waals surface area contributed by atoms with Gasteiger partial charge in [0.1, 0.15) is 12.4 Å². The second-order valence-electron chi connectivity index (χ2n) is 2.27. The number of phenolic OH excluding ortho intramolecular Hbond substituents is 1. The van der Waals surface area contributed by atoms with Crippen LogP contribution in [0.3, 0.4) is 0 Å². The van der Waals surface area contributed by atoms with Gasteiger partial charge in [0.05, 0.1) is 0 Å². The Kier molecular flexibility index (Phi) is 1.90. The Morgan fingerprint density at radius 1 is 1.50 bits per heavy atom. The van der Waals surface area contributed by atoms with E-state index in [0.717, 1.165) is 5.56 Å². The number of benzene rings is 1. The summed E-state index contributed by atoms with van der Waals surface area (Å²) in [6, 6.07) is 4.88. The molecule has 54 valence electrons. The summed E-state index contributed by atoms with van der Waals surface area (Å²) in [5.41, 5.74) is 1.32. The van der Waals surface area contributed by atoms with Crippen molar-refractivity contribution in [2.45, 2.75) is 13.6 Å². The van der Waals surface area contributed by atoms with Crippen molar-refractivity contribution >= 4 is 0 Å². The molecule has 0 saturated heterocycles. The molecule has 1 aromatic rings. The lowest BCUT2D eigenvalue weighted by Gasteiger charge is -1.99. The molecule has 0 saturated carbocycles. The zero-order chi connectivity index (χ0) is 7.56. The summed E-state index contributed by atoms with van der Waals surface area (Å²) in [6.45, 7) is 1.26. The molecule has 0 radical (unpaired) electrons. The molecule has 0 spiro atoms. The molecule has 0 aliphatic heterocycles. The molecule has 1 nitrogen and oxygen atoms in total. The first-order chi connectivity index (χ1) is 4.74. The quantitative estimate of drug-likeness (QED) is 0.633. The zero-order valence-electron chi connectivity index (χ0n) is 5.76. The molecule has 0 aromatic heterocycles. The Balaban J connectivity index is 3.09. The van der Waals surface area contributed by atoms with Gasteiger partial charge in [-0.3, -0.25) is 0 Å². The molecule has 10 heavy (non-hydrogen) atoms. The van der Waals surface area contributed by atoms with E-state index in [-0.39, 0.29) is 5.75 Å². The smallest absolute Gasteiger partial charge is 0.121 e. The third-order valence-electron chi connectivity index (χ3n) is 1.38. The number of aromatic hydroxyl groups is 1. The minimum absolute atomic E-state index is 0.0353. The average molecular weight is 140 g/mol. The highest BCUT2D eigenvalue weighted by molar-refractivity contribution is 5.34. The normalized spacial score (nSPS) is 9.80. The van der Waals surface area contributed by atoms with Crippen LogP contribution in [0, 0.1) is 6.92 Å². The Morgan fingerprint density at radius 3 is 2.70 bits per heavy atom. The molecule has 0 amide bonds. The molecule has 0 fully saturated rings. The van der Waals surface area contributed by atoms with Crippen molar-refractivity contribution in [3.63, 3.8) is 0 Å². The molecule has 0 aliphatic rings. The monoisotopic (exact) mass is 140 g/mol. The van der Waals surface area contributed by atoms with Gasteiger partial charge < -0.3 is 5.11 Å². The molecular formula is C8H9FO. The van der Waals surface area contributed by atoms with Crippen molar-refractivity contribution in [1.82, 2.24) is 0 Å². The van der Waals surface area contributed by atoms with E-state index in [0.29, 0.717) is 5.56 Å². The maximum atomic E-state index is 12.0. The standard InChI is InChI=1S/C8H9FO/c1-6-2-3-8(10)7(4-6)5-9/h2-4,10H,5H2,1H3. The summed E-state index contributed by atoms with van der Waals surface area (Å²) in [5.74, 6) is 0.0353. The number of hydrogen-bond donors (Lipinski definition) is 1. The minimum Gasteiger partial charge on any atom is -0.508 e. The van der Waals surface area contributed by atoms with Gasteiger partial charge >= 0.3 is 0 Å². The molecule has 1 rings (SSSR count). The molecule has 0 unspecified atom stereocenters. The van der Waals surface area contributed by atoms with E-state index in [2.05, 4.69) is 0 Å². The number of hydrogen-bond acceptors (Lipinski definition) is 1. The van der Waals surface area contributed by atoms with Gasteiger partial charge in [0.2, 0.25) is 0 Å². The fourth-order valence-corrected chi connectivity index (χ4v) is 0.821. The summed E-state index contributed by atoms with van der Waals surface area (Å²) in [5, 5.41) is 8.99. The van der Waals surface area contributed by atoms with Crippen LogP contribution in [0.25, 0.3) is 0 Å². The van der Waals surface area contributed by atoms with Crippen molar-refractivity contribution in [3.8, 4) is 5.75 Å². The van der Waals surface area contributed by atoms with Gasteiger partial charge in [-0.2, -0.15) is 0 Å². The average Bonchev–Trinajstić information content (AvgIpc) is 1.94. The molecule has 1 N–H and O–H groups in total. The fraction of sp³-hybridized carbons (Fsp3) is 0.250. The van der Waals surface area contributed by atoms with Gasteiger partial charge in [0.15, 0.2) is 0 Å². The third kappa shape index (κ3) is 1.26. The summed E-state index contributed by atoms with van der Waals surface area (Å²) in [7, 11) is 0. The summed E-state index contributed by atoms with van der Waals surface area (Å²) >= 11 is 0. The molecule has 2 heteroatoms. The maximum Gasteiger partial charge on any atom is 0.121 e. The summed E-state index contributed by atoms with van der Waals surface area (Å²) in [4.78, 5) is 0. The maximum absolute atomic E-state index is 12.0. The van der Waals surface area contributed by atoms with E-state index >= 15 is 0 Å². The summed E-state index contributed by atoms with van der Waals surface area (Å²) < 4.78 is 12.0.